The maximum Gasteiger partial charge on any atom is 0.0247 e. The first kappa shape index (κ1) is 13.4. The maximum absolute atomic E-state index is 6.06. The van der Waals surface area contributed by atoms with Gasteiger partial charge in [-0.15, -0.1) is 0 Å². The van der Waals surface area contributed by atoms with E-state index in [-0.39, 0.29) is 0 Å². The highest BCUT2D eigenvalue weighted by Gasteiger charge is 2.39. The quantitative estimate of drug-likeness (QED) is 0.798. The first-order valence-corrected chi connectivity index (χ1v) is 7.73. The number of nitrogens with two attached hydrogens (primary N) is 1. The molecule has 1 saturated heterocycles. The molecule has 0 radical (unpaired) electrons. The number of rotatable bonds is 5. The van der Waals surface area contributed by atoms with Crippen molar-refractivity contribution < 1.29 is 0 Å². The minimum absolute atomic E-state index is 0.642. The molecule has 1 heterocycles. The van der Waals surface area contributed by atoms with Gasteiger partial charge in [-0.25, -0.2) is 0 Å². The van der Waals surface area contributed by atoms with Crippen LogP contribution in [0.5, 0.6) is 0 Å². The minimum Gasteiger partial charge on any atom is -0.329 e. The molecule has 1 aliphatic heterocycles. The van der Waals surface area contributed by atoms with E-state index in [1.165, 1.54) is 51.5 Å². The highest BCUT2D eigenvalue weighted by atomic mass is 15.2. The molecule has 0 aromatic rings. The summed E-state index contributed by atoms with van der Waals surface area (Å²) < 4.78 is 0. The largest absolute Gasteiger partial charge is 0.329 e. The monoisotopic (exact) mass is 238 g/mol. The average molecular weight is 238 g/mol. The number of hydrogen-bond donors (Lipinski definition) is 1. The van der Waals surface area contributed by atoms with Crippen LogP contribution in [0.2, 0.25) is 0 Å². The van der Waals surface area contributed by atoms with Crippen LogP contribution in [0.25, 0.3) is 0 Å². The van der Waals surface area contributed by atoms with Crippen LogP contribution in [0.15, 0.2) is 0 Å². The molecule has 2 aliphatic rings. The topological polar surface area (TPSA) is 29.3 Å². The molecule has 2 heteroatoms. The summed E-state index contributed by atoms with van der Waals surface area (Å²) in [7, 11) is 0. The number of hydrogen-bond acceptors (Lipinski definition) is 2. The second kappa shape index (κ2) is 6.19. The number of fused-ring (bicyclic) bond motifs is 1. The summed E-state index contributed by atoms with van der Waals surface area (Å²) in [6.07, 6.45) is 9.86. The van der Waals surface area contributed by atoms with E-state index in [1.807, 2.05) is 0 Å². The Morgan fingerprint density at radius 3 is 2.71 bits per heavy atom. The van der Waals surface area contributed by atoms with E-state index in [0.29, 0.717) is 6.04 Å². The van der Waals surface area contributed by atoms with E-state index in [2.05, 4.69) is 18.7 Å². The molecule has 0 aromatic carbocycles. The van der Waals surface area contributed by atoms with E-state index >= 15 is 0 Å². The fourth-order valence-electron chi connectivity index (χ4n) is 4.20. The van der Waals surface area contributed by atoms with E-state index in [1.54, 1.807) is 0 Å². The van der Waals surface area contributed by atoms with Crippen molar-refractivity contribution in [1.29, 1.82) is 0 Å². The maximum atomic E-state index is 6.06. The second-order valence-corrected chi connectivity index (χ2v) is 6.21. The van der Waals surface area contributed by atoms with E-state index in [4.69, 9.17) is 5.73 Å². The number of likely N-dealkylation sites (tertiary alicyclic amines) is 1. The lowest BCUT2D eigenvalue weighted by Crippen LogP contribution is -2.48. The molecule has 2 nitrogen and oxygen atoms in total. The SMILES string of the molecule is CCCC(C)C(CN)N1CCC2CCCCC21. The zero-order valence-electron chi connectivity index (χ0n) is 11.7. The Balaban J connectivity index is 1.99. The van der Waals surface area contributed by atoms with Crippen LogP contribution >= 0.6 is 0 Å². The molecule has 0 bridgehead atoms. The van der Waals surface area contributed by atoms with Gasteiger partial charge in [0.25, 0.3) is 0 Å². The molecule has 100 valence electrons. The molecule has 0 spiro atoms. The Kier molecular flexibility index (Phi) is 4.87. The van der Waals surface area contributed by atoms with Crippen molar-refractivity contribution in [1.82, 2.24) is 4.90 Å². The van der Waals surface area contributed by atoms with Gasteiger partial charge in [0.05, 0.1) is 0 Å². The molecular formula is C15H30N2. The van der Waals surface area contributed by atoms with E-state index < -0.39 is 0 Å². The smallest absolute Gasteiger partial charge is 0.0247 e. The van der Waals surface area contributed by atoms with Gasteiger partial charge in [0.15, 0.2) is 0 Å². The highest BCUT2D eigenvalue weighted by Crippen LogP contribution is 2.38. The third kappa shape index (κ3) is 2.85. The number of nitrogens with zero attached hydrogens (tertiary/aromatic N) is 1. The summed E-state index contributed by atoms with van der Waals surface area (Å²) in [4.78, 5) is 2.78. The van der Waals surface area contributed by atoms with Gasteiger partial charge in [0.2, 0.25) is 0 Å². The lowest BCUT2D eigenvalue weighted by Gasteiger charge is -2.39. The lowest BCUT2D eigenvalue weighted by molar-refractivity contribution is 0.100. The third-order valence-electron chi connectivity index (χ3n) is 5.12. The van der Waals surface area contributed by atoms with Gasteiger partial charge >= 0.3 is 0 Å². The fourth-order valence-corrected chi connectivity index (χ4v) is 4.20. The Morgan fingerprint density at radius 1 is 1.24 bits per heavy atom. The van der Waals surface area contributed by atoms with Crippen molar-refractivity contribution in [3.05, 3.63) is 0 Å². The van der Waals surface area contributed by atoms with Gasteiger partial charge in [-0.2, -0.15) is 0 Å². The summed E-state index contributed by atoms with van der Waals surface area (Å²) in [5, 5.41) is 0. The summed E-state index contributed by atoms with van der Waals surface area (Å²) in [5.41, 5.74) is 6.06. The van der Waals surface area contributed by atoms with Gasteiger partial charge in [0.1, 0.15) is 0 Å². The molecule has 2 rings (SSSR count). The second-order valence-electron chi connectivity index (χ2n) is 6.21. The standard InChI is InChI=1S/C15H30N2/c1-3-6-12(2)15(11-16)17-10-9-13-7-4-5-8-14(13)17/h12-15H,3-11,16H2,1-2H3. The molecule has 4 unspecified atom stereocenters. The van der Waals surface area contributed by atoms with Gasteiger partial charge < -0.3 is 5.73 Å². The third-order valence-corrected chi connectivity index (χ3v) is 5.12. The Labute approximate surface area is 107 Å². The molecule has 2 fully saturated rings. The van der Waals surface area contributed by atoms with Crippen molar-refractivity contribution in [2.24, 2.45) is 17.6 Å². The first-order valence-electron chi connectivity index (χ1n) is 7.73. The van der Waals surface area contributed by atoms with E-state index in [9.17, 15) is 0 Å². The van der Waals surface area contributed by atoms with E-state index in [0.717, 1.165) is 24.4 Å². The lowest BCUT2D eigenvalue weighted by atomic mass is 9.84. The van der Waals surface area contributed by atoms with Gasteiger partial charge in [-0.05, 0) is 44.1 Å². The summed E-state index contributed by atoms with van der Waals surface area (Å²) in [6, 6.07) is 1.51. The van der Waals surface area contributed by atoms with Crippen LogP contribution < -0.4 is 5.73 Å². The van der Waals surface area contributed by atoms with Crippen molar-refractivity contribution in [3.8, 4) is 0 Å². The summed E-state index contributed by atoms with van der Waals surface area (Å²) in [5.74, 6) is 1.76. The normalized spacial score (nSPS) is 33.4. The van der Waals surface area contributed by atoms with Crippen LogP contribution in [-0.4, -0.2) is 30.1 Å². The Bertz CT molecular complexity index is 229. The summed E-state index contributed by atoms with van der Waals surface area (Å²) in [6.45, 7) is 6.85. The van der Waals surface area contributed by atoms with Crippen molar-refractivity contribution in [2.75, 3.05) is 13.1 Å². The van der Waals surface area contributed by atoms with Gasteiger partial charge in [-0.1, -0.05) is 33.1 Å². The van der Waals surface area contributed by atoms with Crippen molar-refractivity contribution in [3.63, 3.8) is 0 Å². The van der Waals surface area contributed by atoms with Crippen molar-refractivity contribution in [2.45, 2.75) is 70.9 Å². The molecular weight excluding hydrogens is 208 g/mol. The predicted octanol–water partition coefficient (Wildman–Crippen LogP) is 3.01. The molecule has 0 amide bonds. The molecule has 17 heavy (non-hydrogen) atoms. The molecule has 1 saturated carbocycles. The fraction of sp³-hybridized carbons (Fsp3) is 1.00. The van der Waals surface area contributed by atoms with Crippen molar-refractivity contribution >= 4 is 0 Å². The Hall–Kier alpha value is -0.0800. The molecule has 0 aromatic heterocycles. The predicted molar refractivity (Wildman–Crippen MR) is 74.0 cm³/mol. The molecule has 2 N–H and O–H groups in total. The minimum atomic E-state index is 0.642. The van der Waals surface area contributed by atoms with Crippen LogP contribution in [0, 0.1) is 11.8 Å². The summed E-state index contributed by atoms with van der Waals surface area (Å²) >= 11 is 0. The first-order chi connectivity index (χ1) is 8.27. The van der Waals surface area contributed by atoms with Gasteiger partial charge in [-0.3, -0.25) is 4.90 Å². The van der Waals surface area contributed by atoms with Gasteiger partial charge in [0, 0.05) is 18.6 Å². The molecule has 4 atom stereocenters. The zero-order chi connectivity index (χ0) is 12.3. The highest BCUT2D eigenvalue weighted by molar-refractivity contribution is 4.94. The Morgan fingerprint density at radius 2 is 2.00 bits per heavy atom. The zero-order valence-corrected chi connectivity index (χ0v) is 11.7. The molecule has 1 aliphatic carbocycles. The van der Waals surface area contributed by atoms with Crippen LogP contribution in [-0.2, 0) is 0 Å². The van der Waals surface area contributed by atoms with Crippen LogP contribution in [0.3, 0.4) is 0 Å². The van der Waals surface area contributed by atoms with Crippen LogP contribution in [0.4, 0.5) is 0 Å². The van der Waals surface area contributed by atoms with Crippen LogP contribution in [0.1, 0.15) is 58.8 Å². The average Bonchev–Trinajstić information content (AvgIpc) is 2.75.